The molecule has 0 fully saturated rings. The fourth-order valence-electron chi connectivity index (χ4n) is 1.84. The first-order chi connectivity index (χ1) is 8.72. The molecule has 3 heteroatoms. The molecule has 0 amide bonds. The van der Waals surface area contributed by atoms with Gasteiger partial charge in [-0.25, -0.2) is 0 Å². The fraction of sp³-hybridized carbons (Fsp3) is 0.200. The van der Waals surface area contributed by atoms with Gasteiger partial charge in [0.2, 0.25) is 0 Å². The Labute approximate surface area is 106 Å². The smallest absolute Gasteiger partial charge is 0.119 e. The lowest BCUT2D eigenvalue weighted by Crippen LogP contribution is -2.10. The van der Waals surface area contributed by atoms with Crippen LogP contribution in [0.1, 0.15) is 23.3 Å². The first kappa shape index (κ1) is 12.6. The van der Waals surface area contributed by atoms with E-state index in [-0.39, 0.29) is 0 Å². The summed E-state index contributed by atoms with van der Waals surface area (Å²) in [6.07, 6.45) is -1.92. The monoisotopic (exact) mass is 244 g/mol. The molecule has 94 valence electrons. The molecule has 2 aromatic carbocycles. The molecule has 18 heavy (non-hydrogen) atoms. The lowest BCUT2D eigenvalue weighted by molar-refractivity contribution is 0.0171. The van der Waals surface area contributed by atoms with Gasteiger partial charge in [0.25, 0.3) is 0 Å². The van der Waals surface area contributed by atoms with Gasteiger partial charge in [0, 0.05) is 0 Å². The Morgan fingerprint density at radius 3 is 2.11 bits per heavy atom. The molecule has 0 aliphatic heterocycles. The van der Waals surface area contributed by atoms with Crippen LogP contribution < -0.4 is 4.74 Å². The Bertz CT molecular complexity index is 496. The first-order valence-corrected chi connectivity index (χ1v) is 5.77. The largest absolute Gasteiger partial charge is 0.497 e. The van der Waals surface area contributed by atoms with Crippen molar-refractivity contribution in [2.24, 2.45) is 0 Å². The third kappa shape index (κ3) is 2.70. The number of aliphatic hydroxyl groups is 2. The van der Waals surface area contributed by atoms with Gasteiger partial charge in [0.1, 0.15) is 18.0 Å². The molecular weight excluding hydrogens is 228 g/mol. The van der Waals surface area contributed by atoms with Gasteiger partial charge in [-0.1, -0.05) is 42.5 Å². The Hall–Kier alpha value is -1.84. The summed E-state index contributed by atoms with van der Waals surface area (Å²) in [5.41, 5.74) is 1.32. The molecule has 0 aromatic heterocycles. The Morgan fingerprint density at radius 1 is 0.833 bits per heavy atom. The second-order valence-electron chi connectivity index (χ2n) is 4.08. The predicted molar refractivity (Wildman–Crippen MR) is 69.4 cm³/mol. The molecule has 2 aromatic rings. The van der Waals surface area contributed by atoms with Gasteiger partial charge in [0.15, 0.2) is 0 Å². The normalized spacial score (nSPS) is 13.9. The molecule has 3 nitrogen and oxygen atoms in total. The summed E-state index contributed by atoms with van der Waals surface area (Å²) < 4.78 is 5.10. The highest BCUT2D eigenvalue weighted by atomic mass is 16.5. The van der Waals surface area contributed by atoms with Crippen LogP contribution in [-0.4, -0.2) is 17.3 Å². The lowest BCUT2D eigenvalue weighted by atomic mass is 9.98. The van der Waals surface area contributed by atoms with Gasteiger partial charge in [-0.05, 0) is 23.3 Å². The van der Waals surface area contributed by atoms with E-state index in [0.29, 0.717) is 16.9 Å². The molecule has 2 N–H and O–H groups in total. The second kappa shape index (κ2) is 5.67. The molecule has 0 spiro atoms. The number of ether oxygens (including phenoxy) is 1. The van der Waals surface area contributed by atoms with E-state index in [1.165, 1.54) is 0 Å². The third-order valence-electron chi connectivity index (χ3n) is 2.88. The van der Waals surface area contributed by atoms with Gasteiger partial charge in [-0.15, -0.1) is 0 Å². The van der Waals surface area contributed by atoms with E-state index in [1.54, 1.807) is 43.5 Å². The summed E-state index contributed by atoms with van der Waals surface area (Å²) in [5, 5.41) is 20.3. The highest BCUT2D eigenvalue weighted by Gasteiger charge is 2.20. The Kier molecular flexibility index (Phi) is 3.97. The van der Waals surface area contributed by atoms with E-state index in [4.69, 9.17) is 4.74 Å². The minimum Gasteiger partial charge on any atom is -0.497 e. The minimum absolute atomic E-state index is 0.630. The number of hydrogen-bond donors (Lipinski definition) is 2. The van der Waals surface area contributed by atoms with E-state index in [2.05, 4.69) is 0 Å². The second-order valence-corrected chi connectivity index (χ2v) is 4.08. The van der Waals surface area contributed by atoms with Crippen LogP contribution in [0.4, 0.5) is 0 Å². The Balaban J connectivity index is 2.22. The van der Waals surface area contributed by atoms with Gasteiger partial charge in [0.05, 0.1) is 7.11 Å². The Morgan fingerprint density at radius 2 is 1.44 bits per heavy atom. The van der Waals surface area contributed by atoms with Crippen molar-refractivity contribution >= 4 is 0 Å². The maximum atomic E-state index is 10.2. The number of hydrogen-bond acceptors (Lipinski definition) is 3. The van der Waals surface area contributed by atoms with Gasteiger partial charge in [-0.3, -0.25) is 0 Å². The van der Waals surface area contributed by atoms with Crippen molar-refractivity contribution in [1.29, 1.82) is 0 Å². The molecular formula is C15H16O3. The zero-order valence-electron chi connectivity index (χ0n) is 10.2. The van der Waals surface area contributed by atoms with E-state index >= 15 is 0 Å². The van der Waals surface area contributed by atoms with E-state index in [9.17, 15) is 10.2 Å². The molecule has 0 aliphatic carbocycles. The number of aliphatic hydroxyl groups excluding tert-OH is 2. The highest BCUT2D eigenvalue weighted by Crippen LogP contribution is 2.30. The minimum atomic E-state index is -0.970. The highest BCUT2D eigenvalue weighted by molar-refractivity contribution is 5.31. The maximum Gasteiger partial charge on any atom is 0.119 e. The van der Waals surface area contributed by atoms with Gasteiger partial charge < -0.3 is 14.9 Å². The SMILES string of the molecule is COc1cccc([C@@H](O)[C@H](O)c2ccccc2)c1. The fourth-order valence-corrected chi connectivity index (χ4v) is 1.84. The molecule has 0 saturated heterocycles. The molecule has 0 radical (unpaired) electrons. The van der Waals surface area contributed by atoms with Crippen molar-refractivity contribution < 1.29 is 14.9 Å². The van der Waals surface area contributed by atoms with Crippen LogP contribution in [0, 0.1) is 0 Å². The zero-order chi connectivity index (χ0) is 13.0. The van der Waals surface area contributed by atoms with Crippen LogP contribution >= 0.6 is 0 Å². The maximum absolute atomic E-state index is 10.2. The van der Waals surface area contributed by atoms with Crippen molar-refractivity contribution in [3.63, 3.8) is 0 Å². The van der Waals surface area contributed by atoms with Crippen molar-refractivity contribution in [1.82, 2.24) is 0 Å². The lowest BCUT2D eigenvalue weighted by Gasteiger charge is -2.19. The van der Waals surface area contributed by atoms with E-state index in [0.717, 1.165) is 0 Å². The average Bonchev–Trinajstić information content (AvgIpc) is 2.46. The molecule has 0 aliphatic rings. The summed E-state index contributed by atoms with van der Waals surface area (Å²) in [5.74, 6) is 0.659. The van der Waals surface area contributed by atoms with Crippen molar-refractivity contribution in [3.05, 3.63) is 65.7 Å². The van der Waals surface area contributed by atoms with Gasteiger partial charge >= 0.3 is 0 Å². The van der Waals surface area contributed by atoms with Crippen LogP contribution in [0.15, 0.2) is 54.6 Å². The molecule has 2 rings (SSSR count). The number of methoxy groups -OCH3 is 1. The van der Waals surface area contributed by atoms with E-state index < -0.39 is 12.2 Å². The van der Waals surface area contributed by atoms with Crippen LogP contribution in [0.5, 0.6) is 5.75 Å². The zero-order valence-corrected chi connectivity index (χ0v) is 10.2. The van der Waals surface area contributed by atoms with Crippen LogP contribution in [0.2, 0.25) is 0 Å². The van der Waals surface area contributed by atoms with Gasteiger partial charge in [-0.2, -0.15) is 0 Å². The van der Waals surface area contributed by atoms with Crippen molar-refractivity contribution in [3.8, 4) is 5.75 Å². The average molecular weight is 244 g/mol. The van der Waals surface area contributed by atoms with Crippen LogP contribution in [-0.2, 0) is 0 Å². The summed E-state index contributed by atoms with van der Waals surface area (Å²) in [4.78, 5) is 0. The third-order valence-corrected chi connectivity index (χ3v) is 2.88. The number of rotatable bonds is 4. The molecule has 0 unspecified atom stereocenters. The van der Waals surface area contributed by atoms with E-state index in [1.807, 2.05) is 18.2 Å². The molecule has 0 bridgehead atoms. The summed E-state index contributed by atoms with van der Waals surface area (Å²) >= 11 is 0. The molecule has 2 atom stereocenters. The van der Waals surface area contributed by atoms with Crippen LogP contribution in [0.3, 0.4) is 0 Å². The summed E-state index contributed by atoms with van der Waals surface area (Å²) in [7, 11) is 1.57. The molecule has 0 heterocycles. The summed E-state index contributed by atoms with van der Waals surface area (Å²) in [6, 6.07) is 16.2. The molecule has 0 saturated carbocycles. The summed E-state index contributed by atoms with van der Waals surface area (Å²) in [6.45, 7) is 0. The standard InChI is InChI=1S/C15H16O3/c1-18-13-9-5-8-12(10-13)15(17)14(16)11-6-3-2-4-7-11/h2-10,14-17H,1H3/t14-,15-/m1/s1. The van der Waals surface area contributed by atoms with Crippen molar-refractivity contribution in [2.45, 2.75) is 12.2 Å². The topological polar surface area (TPSA) is 49.7 Å². The first-order valence-electron chi connectivity index (χ1n) is 5.77. The quantitative estimate of drug-likeness (QED) is 0.868. The number of benzene rings is 2. The predicted octanol–water partition coefficient (Wildman–Crippen LogP) is 2.46. The van der Waals surface area contributed by atoms with Crippen LogP contribution in [0.25, 0.3) is 0 Å². The van der Waals surface area contributed by atoms with Crippen molar-refractivity contribution in [2.75, 3.05) is 7.11 Å².